The van der Waals surface area contributed by atoms with E-state index in [1.165, 1.54) is 30.7 Å². The molecule has 1 spiro atoms. The van der Waals surface area contributed by atoms with Crippen molar-refractivity contribution in [2.75, 3.05) is 18.5 Å². The maximum atomic E-state index is 11.9. The van der Waals surface area contributed by atoms with E-state index in [1.54, 1.807) is 0 Å². The van der Waals surface area contributed by atoms with Gasteiger partial charge in [-0.3, -0.25) is 19.7 Å². The maximum Gasteiger partial charge on any atom is 0.313 e. The smallest absolute Gasteiger partial charge is 0.313 e. The average molecular weight is 363 g/mol. The van der Waals surface area contributed by atoms with E-state index >= 15 is 0 Å². The van der Waals surface area contributed by atoms with E-state index in [4.69, 9.17) is 9.47 Å². The normalized spacial score (nSPS) is 21.3. The Morgan fingerprint density at radius 3 is 2.50 bits per heavy atom. The molecular weight excluding hydrogens is 342 g/mol. The molecule has 3 rings (SSSR count). The van der Waals surface area contributed by atoms with E-state index in [-0.39, 0.29) is 18.3 Å². The summed E-state index contributed by atoms with van der Waals surface area (Å²) in [6, 6.07) is 5.23. The van der Waals surface area contributed by atoms with Crippen LogP contribution in [0.15, 0.2) is 24.3 Å². The van der Waals surface area contributed by atoms with Crippen LogP contribution in [-0.2, 0) is 19.1 Å². The zero-order valence-electron chi connectivity index (χ0n) is 14.2. The molecule has 1 saturated heterocycles. The Kier molecular flexibility index (Phi) is 5.48. The van der Waals surface area contributed by atoms with E-state index in [0.717, 1.165) is 25.7 Å². The van der Waals surface area contributed by atoms with Gasteiger partial charge in [0.25, 0.3) is 5.69 Å². The average Bonchev–Trinajstić information content (AvgIpc) is 3.03. The van der Waals surface area contributed by atoms with Crippen LogP contribution in [0.4, 0.5) is 11.4 Å². The number of nitro groups is 1. The molecular formula is C17H21N3O6. The van der Waals surface area contributed by atoms with Crippen molar-refractivity contribution < 1.29 is 24.0 Å². The van der Waals surface area contributed by atoms with Gasteiger partial charge in [-0.05, 0) is 25.0 Å². The minimum atomic E-state index is -0.842. The highest BCUT2D eigenvalue weighted by molar-refractivity contribution is 6.39. The summed E-state index contributed by atoms with van der Waals surface area (Å²) < 4.78 is 11.7. The lowest BCUT2D eigenvalue weighted by molar-refractivity contribution is -0.384. The van der Waals surface area contributed by atoms with Crippen molar-refractivity contribution >= 4 is 23.2 Å². The Morgan fingerprint density at radius 1 is 1.15 bits per heavy atom. The second-order valence-corrected chi connectivity index (χ2v) is 6.49. The van der Waals surface area contributed by atoms with Gasteiger partial charge in [-0.1, -0.05) is 6.42 Å². The number of nitrogens with one attached hydrogen (secondary N) is 2. The third-order valence-corrected chi connectivity index (χ3v) is 4.56. The highest BCUT2D eigenvalue weighted by atomic mass is 16.7. The number of hydrogen-bond donors (Lipinski definition) is 2. The molecule has 1 aliphatic carbocycles. The van der Waals surface area contributed by atoms with Crippen LogP contribution in [0.5, 0.6) is 0 Å². The largest absolute Gasteiger partial charge is 0.347 e. The van der Waals surface area contributed by atoms with Crippen LogP contribution >= 0.6 is 0 Å². The Labute approximate surface area is 150 Å². The molecule has 26 heavy (non-hydrogen) atoms. The van der Waals surface area contributed by atoms with Gasteiger partial charge in [-0.25, -0.2) is 0 Å². The van der Waals surface area contributed by atoms with Crippen LogP contribution in [0, 0.1) is 10.1 Å². The van der Waals surface area contributed by atoms with Gasteiger partial charge in [-0.15, -0.1) is 0 Å². The lowest BCUT2D eigenvalue weighted by atomic mass is 9.94. The van der Waals surface area contributed by atoms with Gasteiger partial charge < -0.3 is 20.1 Å². The number of benzene rings is 1. The number of ether oxygens (including phenoxy) is 2. The molecule has 0 unspecified atom stereocenters. The zero-order chi connectivity index (χ0) is 18.6. The first-order chi connectivity index (χ1) is 12.5. The summed E-state index contributed by atoms with van der Waals surface area (Å²) in [4.78, 5) is 33.9. The van der Waals surface area contributed by atoms with E-state index in [2.05, 4.69) is 10.6 Å². The van der Waals surface area contributed by atoms with E-state index in [0.29, 0.717) is 12.3 Å². The summed E-state index contributed by atoms with van der Waals surface area (Å²) in [5.41, 5.74) is 0.208. The van der Waals surface area contributed by atoms with E-state index in [1.807, 2.05) is 0 Å². The number of amides is 2. The van der Waals surface area contributed by atoms with Gasteiger partial charge in [0, 0.05) is 37.2 Å². The van der Waals surface area contributed by atoms with Gasteiger partial charge in [-0.2, -0.15) is 0 Å². The Bertz CT molecular complexity index is 684. The molecule has 0 bridgehead atoms. The first kappa shape index (κ1) is 18.3. The number of non-ortho nitro benzene ring substituents is 1. The Morgan fingerprint density at radius 2 is 1.85 bits per heavy atom. The SMILES string of the molecule is O=C(NC[C@H]1COC2(CCCCC2)O1)C(=O)Nc1ccc([N+](=O)[O-])cc1. The Hall–Kier alpha value is -2.52. The molecule has 2 N–H and O–H groups in total. The molecule has 2 aliphatic rings. The molecule has 2 amide bonds. The molecule has 1 aliphatic heterocycles. The Balaban J connectivity index is 1.44. The van der Waals surface area contributed by atoms with Crippen molar-refractivity contribution in [1.29, 1.82) is 0 Å². The minimum absolute atomic E-state index is 0.0949. The fourth-order valence-electron chi connectivity index (χ4n) is 3.21. The van der Waals surface area contributed by atoms with Gasteiger partial charge in [0.05, 0.1) is 11.5 Å². The van der Waals surface area contributed by atoms with Crippen LogP contribution < -0.4 is 10.6 Å². The first-order valence-corrected chi connectivity index (χ1v) is 8.63. The van der Waals surface area contributed by atoms with Gasteiger partial charge in [0.1, 0.15) is 6.10 Å². The summed E-state index contributed by atoms with van der Waals surface area (Å²) in [7, 11) is 0. The van der Waals surface area contributed by atoms with Gasteiger partial charge in [0.2, 0.25) is 0 Å². The van der Waals surface area contributed by atoms with Gasteiger partial charge >= 0.3 is 11.8 Å². The monoisotopic (exact) mass is 363 g/mol. The molecule has 0 radical (unpaired) electrons. The summed E-state index contributed by atoms with van der Waals surface area (Å²) >= 11 is 0. The molecule has 0 aromatic heterocycles. The predicted molar refractivity (Wildman–Crippen MR) is 91.4 cm³/mol. The summed E-state index contributed by atoms with van der Waals surface area (Å²) in [5, 5.41) is 15.5. The van der Waals surface area contributed by atoms with Crippen LogP contribution in [0.3, 0.4) is 0 Å². The minimum Gasteiger partial charge on any atom is -0.347 e. The topological polar surface area (TPSA) is 120 Å². The molecule has 1 aromatic rings. The molecule has 1 heterocycles. The third kappa shape index (κ3) is 4.36. The van der Waals surface area contributed by atoms with Crippen molar-refractivity contribution in [2.24, 2.45) is 0 Å². The quantitative estimate of drug-likeness (QED) is 0.477. The fraction of sp³-hybridized carbons (Fsp3) is 0.529. The number of nitrogens with zero attached hydrogens (tertiary/aromatic N) is 1. The standard InChI is InChI=1S/C17H21N3O6/c21-15(16(22)19-12-4-6-13(7-5-12)20(23)24)18-10-14-11-25-17(26-14)8-2-1-3-9-17/h4-7,14H,1-3,8-11H2,(H,18,21)(H,19,22)/t14-/m0/s1. The van der Waals surface area contributed by atoms with Crippen molar-refractivity contribution in [3.05, 3.63) is 34.4 Å². The van der Waals surface area contributed by atoms with Crippen LogP contribution in [-0.4, -0.2) is 41.8 Å². The number of anilines is 1. The number of carbonyl (C=O) groups is 2. The summed E-state index contributed by atoms with van der Waals surface area (Å²) in [5.74, 6) is -2.16. The molecule has 2 fully saturated rings. The van der Waals surface area contributed by atoms with Crippen molar-refractivity contribution in [2.45, 2.75) is 44.0 Å². The van der Waals surface area contributed by atoms with Crippen molar-refractivity contribution in [1.82, 2.24) is 5.32 Å². The fourth-order valence-corrected chi connectivity index (χ4v) is 3.21. The van der Waals surface area contributed by atoms with Crippen LogP contribution in [0.1, 0.15) is 32.1 Å². The van der Waals surface area contributed by atoms with Gasteiger partial charge in [0.15, 0.2) is 5.79 Å². The lowest BCUT2D eigenvalue weighted by Gasteiger charge is -2.31. The number of hydrogen-bond acceptors (Lipinski definition) is 6. The van der Waals surface area contributed by atoms with E-state index in [9.17, 15) is 19.7 Å². The molecule has 1 aromatic carbocycles. The number of rotatable bonds is 4. The highest BCUT2D eigenvalue weighted by Crippen LogP contribution is 2.37. The number of nitro benzene ring substituents is 1. The van der Waals surface area contributed by atoms with Crippen molar-refractivity contribution in [3.63, 3.8) is 0 Å². The van der Waals surface area contributed by atoms with E-state index < -0.39 is 22.5 Å². The summed E-state index contributed by atoms with van der Waals surface area (Å²) in [6.45, 7) is 0.582. The third-order valence-electron chi connectivity index (χ3n) is 4.56. The van der Waals surface area contributed by atoms with Crippen LogP contribution in [0.25, 0.3) is 0 Å². The molecule has 1 atom stereocenters. The maximum absolute atomic E-state index is 11.9. The highest BCUT2D eigenvalue weighted by Gasteiger charge is 2.42. The first-order valence-electron chi connectivity index (χ1n) is 8.63. The summed E-state index contributed by atoms with van der Waals surface area (Å²) in [6.07, 6.45) is 4.76. The molecule has 9 heteroatoms. The van der Waals surface area contributed by atoms with Crippen molar-refractivity contribution in [3.8, 4) is 0 Å². The zero-order valence-corrected chi connectivity index (χ0v) is 14.2. The molecule has 140 valence electrons. The lowest BCUT2D eigenvalue weighted by Crippen LogP contribution is -2.41. The number of carbonyl (C=O) groups excluding carboxylic acids is 2. The predicted octanol–water partition coefficient (Wildman–Crippen LogP) is 1.73. The molecule has 1 saturated carbocycles. The molecule has 9 nitrogen and oxygen atoms in total. The van der Waals surface area contributed by atoms with Crippen LogP contribution in [0.2, 0.25) is 0 Å². The second kappa shape index (κ2) is 7.79. The second-order valence-electron chi connectivity index (χ2n) is 6.49.